The van der Waals surface area contributed by atoms with Crippen molar-refractivity contribution in [3.05, 3.63) is 45.9 Å². The minimum atomic E-state index is 0.0450. The molecule has 0 saturated carbocycles. The molecule has 0 bridgehead atoms. The van der Waals surface area contributed by atoms with Gasteiger partial charge in [0.05, 0.1) is 11.1 Å². The first kappa shape index (κ1) is 11.8. The number of hydrogen-bond donors (Lipinski definition) is 0. The lowest BCUT2D eigenvalue weighted by molar-refractivity contribution is 0.105. The first-order valence-corrected chi connectivity index (χ1v) is 6.38. The molecule has 4 heteroatoms. The third-order valence-corrected chi connectivity index (χ3v) is 3.50. The van der Waals surface area contributed by atoms with E-state index in [1.165, 1.54) is 11.3 Å². The smallest absolute Gasteiger partial charge is 0.195 e. The van der Waals surface area contributed by atoms with E-state index in [2.05, 4.69) is 5.10 Å². The highest BCUT2D eigenvalue weighted by atomic mass is 32.1. The van der Waals surface area contributed by atoms with Crippen molar-refractivity contribution >= 4 is 23.2 Å². The monoisotopic (exact) mass is 246 g/mol. The summed E-state index contributed by atoms with van der Waals surface area (Å²) in [7, 11) is 0. The summed E-state index contributed by atoms with van der Waals surface area (Å²) in [4.78, 5) is 12.5. The minimum Gasteiger partial charge on any atom is -0.288 e. The van der Waals surface area contributed by atoms with Gasteiger partial charge in [0.25, 0.3) is 0 Å². The Morgan fingerprint density at radius 3 is 3.00 bits per heavy atom. The molecule has 0 amide bonds. The topological polar surface area (TPSA) is 34.9 Å². The zero-order valence-corrected chi connectivity index (χ0v) is 10.7. The molecular weight excluding hydrogens is 232 g/mol. The summed E-state index contributed by atoms with van der Waals surface area (Å²) in [6.07, 6.45) is 5.23. The van der Waals surface area contributed by atoms with Gasteiger partial charge in [-0.05, 0) is 37.4 Å². The molecule has 0 aliphatic heterocycles. The van der Waals surface area contributed by atoms with Crippen LogP contribution in [0.25, 0.3) is 6.08 Å². The fourth-order valence-corrected chi connectivity index (χ4v) is 2.25. The van der Waals surface area contributed by atoms with Gasteiger partial charge in [-0.2, -0.15) is 5.10 Å². The van der Waals surface area contributed by atoms with Crippen LogP contribution in [0.3, 0.4) is 0 Å². The highest BCUT2D eigenvalue weighted by Gasteiger charge is 2.04. The Labute approximate surface area is 104 Å². The van der Waals surface area contributed by atoms with Gasteiger partial charge in [-0.25, -0.2) is 0 Å². The number of rotatable bonds is 4. The minimum absolute atomic E-state index is 0.0450. The normalized spacial score (nSPS) is 11.2. The van der Waals surface area contributed by atoms with Crippen LogP contribution in [0.5, 0.6) is 0 Å². The maximum absolute atomic E-state index is 11.8. The predicted octanol–water partition coefficient (Wildman–Crippen LogP) is 3.17. The van der Waals surface area contributed by atoms with E-state index in [-0.39, 0.29) is 5.78 Å². The van der Waals surface area contributed by atoms with Gasteiger partial charge in [0, 0.05) is 17.8 Å². The van der Waals surface area contributed by atoms with Crippen molar-refractivity contribution in [2.24, 2.45) is 0 Å². The van der Waals surface area contributed by atoms with Gasteiger partial charge >= 0.3 is 0 Å². The largest absolute Gasteiger partial charge is 0.288 e. The highest BCUT2D eigenvalue weighted by molar-refractivity contribution is 7.12. The number of hydrogen-bond acceptors (Lipinski definition) is 3. The fourth-order valence-electron chi connectivity index (χ4n) is 1.61. The van der Waals surface area contributed by atoms with Gasteiger partial charge in [0.2, 0.25) is 0 Å². The van der Waals surface area contributed by atoms with E-state index < -0.39 is 0 Å². The van der Waals surface area contributed by atoms with Crippen molar-refractivity contribution in [2.75, 3.05) is 0 Å². The molecule has 2 rings (SSSR count). The van der Waals surface area contributed by atoms with E-state index in [1.807, 2.05) is 42.1 Å². The lowest BCUT2D eigenvalue weighted by Gasteiger charge is -1.98. The predicted molar refractivity (Wildman–Crippen MR) is 70.3 cm³/mol. The van der Waals surface area contributed by atoms with Crippen LogP contribution in [0, 0.1) is 6.92 Å². The van der Waals surface area contributed by atoms with Crippen molar-refractivity contribution < 1.29 is 4.79 Å². The Kier molecular flexibility index (Phi) is 3.54. The molecule has 0 spiro atoms. The van der Waals surface area contributed by atoms with E-state index >= 15 is 0 Å². The third-order valence-electron chi connectivity index (χ3n) is 2.62. The van der Waals surface area contributed by atoms with Crippen LogP contribution in [-0.2, 0) is 6.54 Å². The zero-order valence-electron chi connectivity index (χ0n) is 9.88. The summed E-state index contributed by atoms with van der Waals surface area (Å²) in [5.41, 5.74) is 2.08. The second-order valence-corrected chi connectivity index (χ2v) is 4.62. The first-order valence-electron chi connectivity index (χ1n) is 5.50. The lowest BCUT2D eigenvalue weighted by Crippen LogP contribution is -1.98. The number of allylic oxidation sites excluding steroid dienone is 1. The van der Waals surface area contributed by atoms with Crippen molar-refractivity contribution in [1.82, 2.24) is 9.78 Å². The van der Waals surface area contributed by atoms with Crippen molar-refractivity contribution in [1.29, 1.82) is 0 Å². The maximum atomic E-state index is 11.8. The molecule has 0 aliphatic rings. The van der Waals surface area contributed by atoms with Crippen LogP contribution in [0.1, 0.15) is 27.9 Å². The standard InChI is InChI=1S/C13H14N2OS/c1-3-15-10(2)11(9-14-15)6-7-12(16)13-5-4-8-17-13/h4-9H,3H2,1-2H3/b7-6+. The van der Waals surface area contributed by atoms with Gasteiger partial charge in [-0.15, -0.1) is 11.3 Å². The van der Waals surface area contributed by atoms with E-state index in [1.54, 1.807) is 12.3 Å². The van der Waals surface area contributed by atoms with Gasteiger partial charge in [-0.1, -0.05) is 6.07 Å². The molecular formula is C13H14N2OS. The first-order chi connectivity index (χ1) is 8.22. The van der Waals surface area contributed by atoms with Gasteiger partial charge < -0.3 is 0 Å². The number of carbonyl (C=O) groups excluding carboxylic acids is 1. The Bertz CT molecular complexity index is 538. The molecule has 3 nitrogen and oxygen atoms in total. The molecule has 0 unspecified atom stereocenters. The van der Waals surface area contributed by atoms with E-state index in [9.17, 15) is 4.79 Å². The molecule has 0 aromatic carbocycles. The van der Waals surface area contributed by atoms with E-state index in [4.69, 9.17) is 0 Å². The summed E-state index contributed by atoms with van der Waals surface area (Å²) in [6, 6.07) is 3.71. The molecule has 2 aromatic rings. The van der Waals surface area contributed by atoms with Crippen LogP contribution in [0.2, 0.25) is 0 Å². The Morgan fingerprint density at radius 2 is 2.41 bits per heavy atom. The molecule has 17 heavy (non-hydrogen) atoms. The van der Waals surface area contributed by atoms with Crippen LogP contribution in [0.4, 0.5) is 0 Å². The fraction of sp³-hybridized carbons (Fsp3) is 0.231. The number of nitrogens with zero attached hydrogens (tertiary/aromatic N) is 2. The second kappa shape index (κ2) is 5.10. The van der Waals surface area contributed by atoms with Gasteiger partial charge in [0.1, 0.15) is 0 Å². The summed E-state index contributed by atoms with van der Waals surface area (Å²) >= 11 is 1.46. The number of thiophene rings is 1. The number of aromatic nitrogens is 2. The van der Waals surface area contributed by atoms with E-state index in [0.29, 0.717) is 0 Å². The molecule has 0 atom stereocenters. The van der Waals surface area contributed by atoms with E-state index in [0.717, 1.165) is 22.7 Å². The highest BCUT2D eigenvalue weighted by Crippen LogP contribution is 2.13. The molecule has 88 valence electrons. The quantitative estimate of drug-likeness (QED) is 0.613. The Balaban J connectivity index is 2.15. The number of ketones is 1. The molecule has 0 radical (unpaired) electrons. The Morgan fingerprint density at radius 1 is 1.59 bits per heavy atom. The Hall–Kier alpha value is -1.68. The van der Waals surface area contributed by atoms with Crippen LogP contribution in [-0.4, -0.2) is 15.6 Å². The van der Waals surface area contributed by atoms with Crippen molar-refractivity contribution in [3.63, 3.8) is 0 Å². The van der Waals surface area contributed by atoms with Crippen LogP contribution in [0.15, 0.2) is 29.8 Å². The van der Waals surface area contributed by atoms with Crippen molar-refractivity contribution in [2.45, 2.75) is 20.4 Å². The summed E-state index contributed by atoms with van der Waals surface area (Å²) in [5.74, 6) is 0.0450. The third kappa shape index (κ3) is 2.53. The lowest BCUT2D eigenvalue weighted by atomic mass is 10.2. The molecule has 0 N–H and O–H groups in total. The molecule has 0 saturated heterocycles. The molecule has 2 aromatic heterocycles. The average molecular weight is 246 g/mol. The van der Waals surface area contributed by atoms with Gasteiger partial charge in [0.15, 0.2) is 5.78 Å². The number of carbonyl (C=O) groups is 1. The zero-order chi connectivity index (χ0) is 12.3. The number of aryl methyl sites for hydroxylation is 1. The SMILES string of the molecule is CCn1ncc(/C=C/C(=O)c2cccs2)c1C. The molecule has 0 fully saturated rings. The summed E-state index contributed by atoms with van der Waals surface area (Å²) in [6.45, 7) is 4.90. The van der Waals surface area contributed by atoms with Gasteiger partial charge in [-0.3, -0.25) is 9.48 Å². The average Bonchev–Trinajstić information content (AvgIpc) is 2.96. The molecule has 2 heterocycles. The maximum Gasteiger partial charge on any atom is 0.195 e. The molecule has 0 aliphatic carbocycles. The van der Waals surface area contributed by atoms with Crippen LogP contribution >= 0.6 is 11.3 Å². The second-order valence-electron chi connectivity index (χ2n) is 3.68. The van der Waals surface area contributed by atoms with Crippen molar-refractivity contribution in [3.8, 4) is 0 Å². The van der Waals surface area contributed by atoms with Crippen LogP contribution < -0.4 is 0 Å². The summed E-state index contributed by atoms with van der Waals surface area (Å²) in [5, 5.41) is 6.14. The summed E-state index contributed by atoms with van der Waals surface area (Å²) < 4.78 is 1.91.